The lowest BCUT2D eigenvalue weighted by Gasteiger charge is -2.16. The molecule has 3 rings (SSSR count). The number of nitrogens with zero attached hydrogens (tertiary/aromatic N) is 2. The van der Waals surface area contributed by atoms with Crippen molar-refractivity contribution >= 4 is 5.91 Å². The Morgan fingerprint density at radius 2 is 1.89 bits per heavy atom. The van der Waals surface area contributed by atoms with E-state index in [9.17, 15) is 18.0 Å². The first-order valence-electron chi connectivity index (χ1n) is 8.31. The molecule has 3 aromatic rings. The minimum absolute atomic E-state index is 0.102. The highest BCUT2D eigenvalue weighted by Crippen LogP contribution is 2.24. The topological polar surface area (TPSA) is 46.3 Å². The van der Waals surface area contributed by atoms with E-state index in [1.807, 2.05) is 0 Å². The smallest absolute Gasteiger partial charge is 0.223 e. The third kappa shape index (κ3) is 4.75. The molecular weight excluding hydrogens is 357 g/mol. The quantitative estimate of drug-likeness (QED) is 0.644. The van der Waals surface area contributed by atoms with Crippen LogP contribution in [0.3, 0.4) is 0 Å². The van der Waals surface area contributed by atoms with E-state index in [2.05, 4.69) is 4.98 Å². The van der Waals surface area contributed by atoms with Crippen molar-refractivity contribution in [3.63, 3.8) is 0 Å². The second-order valence-corrected chi connectivity index (χ2v) is 6.12. The highest BCUT2D eigenvalue weighted by atomic mass is 19.1. The van der Waals surface area contributed by atoms with Gasteiger partial charge in [0.1, 0.15) is 17.5 Å². The van der Waals surface area contributed by atoms with Gasteiger partial charge in [0.05, 0.1) is 11.8 Å². The molecule has 7 heteroatoms. The lowest BCUT2D eigenvalue weighted by Crippen LogP contribution is -2.26. The standard InChI is InChI=1S/C20H17F3N2O2/c1-25(12-13-3-2-4-14(21)9-13)20(26)8-7-19-24-11-18(27-19)16-6-5-15(22)10-17(16)23/h2-6,9-11H,7-8,12H2,1H3. The van der Waals surface area contributed by atoms with Crippen LogP contribution in [0.1, 0.15) is 17.9 Å². The van der Waals surface area contributed by atoms with Crippen molar-refractivity contribution in [1.82, 2.24) is 9.88 Å². The van der Waals surface area contributed by atoms with Crippen molar-refractivity contribution < 1.29 is 22.4 Å². The van der Waals surface area contributed by atoms with Crippen LogP contribution in [0.5, 0.6) is 0 Å². The number of rotatable bonds is 6. The molecule has 0 spiro atoms. The summed E-state index contributed by atoms with van der Waals surface area (Å²) >= 11 is 0. The summed E-state index contributed by atoms with van der Waals surface area (Å²) in [4.78, 5) is 17.8. The van der Waals surface area contributed by atoms with Gasteiger partial charge in [0.25, 0.3) is 0 Å². The Bertz CT molecular complexity index is 956. The van der Waals surface area contributed by atoms with Gasteiger partial charge in [-0.2, -0.15) is 0 Å². The van der Waals surface area contributed by atoms with Gasteiger partial charge in [0.15, 0.2) is 11.7 Å². The highest BCUT2D eigenvalue weighted by Gasteiger charge is 2.15. The molecule has 0 aliphatic heterocycles. The molecule has 2 aromatic carbocycles. The van der Waals surface area contributed by atoms with Gasteiger partial charge < -0.3 is 9.32 Å². The SMILES string of the molecule is CN(Cc1cccc(F)c1)C(=O)CCc1ncc(-c2ccc(F)cc2F)o1. The summed E-state index contributed by atoms with van der Waals surface area (Å²) in [6, 6.07) is 9.22. The number of aromatic nitrogens is 1. The van der Waals surface area contributed by atoms with Crippen molar-refractivity contribution in [1.29, 1.82) is 0 Å². The maximum absolute atomic E-state index is 13.8. The molecule has 0 N–H and O–H groups in total. The van der Waals surface area contributed by atoms with E-state index in [-0.39, 0.29) is 48.3 Å². The molecule has 0 unspecified atom stereocenters. The number of hydrogen-bond donors (Lipinski definition) is 0. The first kappa shape index (κ1) is 18.7. The van der Waals surface area contributed by atoms with E-state index in [0.717, 1.165) is 12.1 Å². The van der Waals surface area contributed by atoms with Gasteiger partial charge in [0.2, 0.25) is 5.91 Å². The second-order valence-electron chi connectivity index (χ2n) is 6.12. The molecule has 1 amide bonds. The van der Waals surface area contributed by atoms with E-state index < -0.39 is 11.6 Å². The van der Waals surface area contributed by atoms with Crippen LogP contribution in [-0.4, -0.2) is 22.8 Å². The number of carbonyl (C=O) groups excluding carboxylic acids is 1. The number of halogens is 3. The second kappa shape index (κ2) is 8.07. The Morgan fingerprint density at radius 1 is 1.11 bits per heavy atom. The Morgan fingerprint density at radius 3 is 2.63 bits per heavy atom. The molecule has 0 fully saturated rings. The molecule has 0 radical (unpaired) electrons. The fourth-order valence-corrected chi connectivity index (χ4v) is 2.64. The number of amides is 1. The molecule has 27 heavy (non-hydrogen) atoms. The van der Waals surface area contributed by atoms with Gasteiger partial charge in [-0.15, -0.1) is 0 Å². The summed E-state index contributed by atoms with van der Waals surface area (Å²) in [7, 11) is 1.63. The van der Waals surface area contributed by atoms with Gasteiger partial charge in [-0.05, 0) is 29.8 Å². The molecular formula is C20H17F3N2O2. The summed E-state index contributed by atoms with van der Waals surface area (Å²) in [5.41, 5.74) is 0.792. The monoisotopic (exact) mass is 374 g/mol. The van der Waals surface area contributed by atoms with Crippen LogP contribution in [0.25, 0.3) is 11.3 Å². The molecule has 1 aromatic heterocycles. The van der Waals surface area contributed by atoms with Crippen molar-refractivity contribution in [2.75, 3.05) is 7.05 Å². The number of hydrogen-bond acceptors (Lipinski definition) is 3. The van der Waals surface area contributed by atoms with Gasteiger partial charge in [-0.3, -0.25) is 4.79 Å². The molecule has 1 heterocycles. The van der Waals surface area contributed by atoms with Crippen LogP contribution in [0, 0.1) is 17.5 Å². The normalized spacial score (nSPS) is 10.8. The van der Waals surface area contributed by atoms with E-state index in [1.165, 1.54) is 29.3 Å². The molecule has 0 bridgehead atoms. The van der Waals surface area contributed by atoms with E-state index in [1.54, 1.807) is 19.2 Å². The van der Waals surface area contributed by atoms with Crippen molar-refractivity contribution in [3.8, 4) is 11.3 Å². The third-order valence-electron chi connectivity index (χ3n) is 4.04. The van der Waals surface area contributed by atoms with Crippen molar-refractivity contribution in [3.05, 3.63) is 77.6 Å². The summed E-state index contributed by atoms with van der Waals surface area (Å²) in [5, 5.41) is 0. The van der Waals surface area contributed by atoms with Gasteiger partial charge in [0, 0.05) is 32.5 Å². The first-order valence-corrected chi connectivity index (χ1v) is 8.31. The average molecular weight is 374 g/mol. The number of oxazole rings is 1. The lowest BCUT2D eigenvalue weighted by molar-refractivity contribution is -0.130. The minimum Gasteiger partial charge on any atom is -0.441 e. The highest BCUT2D eigenvalue weighted by molar-refractivity contribution is 5.76. The first-order chi connectivity index (χ1) is 12.9. The van der Waals surface area contributed by atoms with Crippen molar-refractivity contribution in [2.24, 2.45) is 0 Å². The lowest BCUT2D eigenvalue weighted by atomic mass is 10.2. The Hall–Kier alpha value is -3.09. The largest absolute Gasteiger partial charge is 0.441 e. The predicted octanol–water partition coefficient (Wildman–Crippen LogP) is 4.35. The zero-order valence-electron chi connectivity index (χ0n) is 14.6. The van der Waals surface area contributed by atoms with E-state index >= 15 is 0 Å². The Labute approximate surface area is 154 Å². The number of benzene rings is 2. The van der Waals surface area contributed by atoms with Crippen LogP contribution in [-0.2, 0) is 17.8 Å². The Balaban J connectivity index is 1.58. The number of aryl methyl sites for hydroxylation is 1. The summed E-state index contributed by atoms with van der Waals surface area (Å²) in [5.74, 6) is -1.49. The molecule has 4 nitrogen and oxygen atoms in total. The molecule has 140 valence electrons. The maximum Gasteiger partial charge on any atom is 0.223 e. The van der Waals surface area contributed by atoms with E-state index in [4.69, 9.17) is 4.42 Å². The van der Waals surface area contributed by atoms with E-state index in [0.29, 0.717) is 5.56 Å². The fourth-order valence-electron chi connectivity index (χ4n) is 2.64. The fraction of sp³-hybridized carbons (Fsp3) is 0.200. The molecule has 0 aliphatic rings. The van der Waals surface area contributed by atoms with Crippen LogP contribution < -0.4 is 0 Å². The van der Waals surface area contributed by atoms with Gasteiger partial charge in [-0.1, -0.05) is 12.1 Å². The van der Waals surface area contributed by atoms with Gasteiger partial charge >= 0.3 is 0 Å². The average Bonchev–Trinajstić information content (AvgIpc) is 3.08. The summed E-state index contributed by atoms with van der Waals surface area (Å²) in [6.45, 7) is 0.286. The van der Waals surface area contributed by atoms with Crippen LogP contribution in [0.2, 0.25) is 0 Å². The number of carbonyl (C=O) groups is 1. The predicted molar refractivity (Wildman–Crippen MR) is 93.1 cm³/mol. The van der Waals surface area contributed by atoms with Gasteiger partial charge in [-0.25, -0.2) is 18.2 Å². The summed E-state index contributed by atoms with van der Waals surface area (Å²) < 4.78 is 45.4. The maximum atomic E-state index is 13.8. The molecule has 0 saturated carbocycles. The molecule has 0 atom stereocenters. The molecule has 0 aliphatic carbocycles. The molecule has 0 saturated heterocycles. The van der Waals surface area contributed by atoms with Crippen LogP contribution in [0.15, 0.2) is 53.1 Å². The summed E-state index contributed by atoms with van der Waals surface area (Å²) in [6.07, 6.45) is 1.71. The Kier molecular flexibility index (Phi) is 5.59. The van der Waals surface area contributed by atoms with Crippen LogP contribution >= 0.6 is 0 Å². The van der Waals surface area contributed by atoms with Crippen molar-refractivity contribution in [2.45, 2.75) is 19.4 Å². The zero-order valence-corrected chi connectivity index (χ0v) is 14.6. The minimum atomic E-state index is -0.747. The van der Waals surface area contributed by atoms with Crippen LogP contribution in [0.4, 0.5) is 13.2 Å². The zero-order chi connectivity index (χ0) is 19.4. The third-order valence-corrected chi connectivity index (χ3v) is 4.04.